The predicted molar refractivity (Wildman–Crippen MR) is 187 cm³/mol. The lowest BCUT2D eigenvalue weighted by Crippen LogP contribution is -2.50. The highest BCUT2D eigenvalue weighted by molar-refractivity contribution is 5.71. The van der Waals surface area contributed by atoms with Crippen molar-refractivity contribution in [1.29, 1.82) is 0 Å². The van der Waals surface area contributed by atoms with Crippen LogP contribution >= 0.6 is 0 Å². The Labute approximate surface area is 266 Å². The number of carbonyl (C=O) groups is 1. The fraction of sp³-hybridized carbons (Fsp3) is 0.974. The molecule has 0 heterocycles. The van der Waals surface area contributed by atoms with Crippen molar-refractivity contribution in [2.24, 2.45) is 0 Å². The molecule has 0 N–H and O–H groups in total. The summed E-state index contributed by atoms with van der Waals surface area (Å²) in [7, 11) is 2.30. The summed E-state index contributed by atoms with van der Waals surface area (Å²) in [5.74, 6) is -0.0271. The molecule has 252 valence electrons. The quantitative estimate of drug-likeness (QED) is 0.0440. The first-order valence-corrected chi connectivity index (χ1v) is 19.3. The number of hydrogen-bond donors (Lipinski definition) is 0. The molecule has 0 radical (unpaired) electrons. The van der Waals surface area contributed by atoms with Crippen LogP contribution in [0.2, 0.25) is 0 Å². The highest BCUT2D eigenvalue weighted by atomic mass is 16.6. The molecule has 0 bridgehead atoms. The normalized spacial score (nSPS) is 12.2. The summed E-state index contributed by atoms with van der Waals surface area (Å²) in [6.07, 6.45) is 39.0. The van der Waals surface area contributed by atoms with Gasteiger partial charge < -0.3 is 9.22 Å². The number of carbonyl (C=O) groups excluding carboxylic acids is 1. The van der Waals surface area contributed by atoms with Gasteiger partial charge in [-0.25, -0.2) is 4.79 Å². The van der Waals surface area contributed by atoms with E-state index in [1.807, 2.05) is 20.8 Å². The van der Waals surface area contributed by atoms with Gasteiger partial charge in [-0.05, 0) is 46.5 Å². The van der Waals surface area contributed by atoms with Crippen LogP contribution in [0, 0.1) is 0 Å². The molecule has 3 heteroatoms. The maximum atomic E-state index is 12.7. The molecule has 42 heavy (non-hydrogen) atoms. The van der Waals surface area contributed by atoms with E-state index in [0.29, 0.717) is 6.54 Å². The summed E-state index contributed by atoms with van der Waals surface area (Å²) < 4.78 is 6.58. The van der Waals surface area contributed by atoms with Crippen LogP contribution in [-0.2, 0) is 9.53 Å². The molecule has 0 atom stereocenters. The number of quaternary nitrogens is 1. The zero-order valence-electron chi connectivity index (χ0n) is 30.2. The van der Waals surface area contributed by atoms with Gasteiger partial charge in [0, 0.05) is 0 Å². The van der Waals surface area contributed by atoms with Crippen LogP contribution in [0.4, 0.5) is 0 Å². The summed E-state index contributed by atoms with van der Waals surface area (Å²) in [4.78, 5) is 12.7. The van der Waals surface area contributed by atoms with E-state index in [2.05, 4.69) is 20.9 Å². The summed E-state index contributed by atoms with van der Waals surface area (Å²) in [6.45, 7) is 13.3. The molecule has 0 spiro atoms. The molecule has 0 amide bonds. The molecule has 0 saturated heterocycles. The van der Waals surface area contributed by atoms with Crippen LogP contribution in [0.25, 0.3) is 0 Å². The van der Waals surface area contributed by atoms with Crippen LogP contribution in [-0.4, -0.2) is 42.7 Å². The van der Waals surface area contributed by atoms with Gasteiger partial charge in [0.05, 0.1) is 20.1 Å². The van der Waals surface area contributed by atoms with Crippen LogP contribution in [0.15, 0.2) is 0 Å². The standard InChI is InChI=1S/C39H80NO2/c1-7-9-11-13-15-17-19-21-23-25-27-29-31-33-35-40(6,37-38(41)42-39(3,4)5)36-34-32-30-28-26-24-22-20-18-16-14-12-10-8-2/h7-37H2,1-6H3/q+1. The lowest BCUT2D eigenvalue weighted by Gasteiger charge is -2.35. The number of rotatable bonds is 32. The SMILES string of the molecule is CCCCCCCCCCCCCCCC[N+](C)(CCCCCCCCCCCCCCCC)CC(=O)OC(C)(C)C. The first-order chi connectivity index (χ1) is 20.2. The molecular formula is C39H80NO2+. The minimum atomic E-state index is -0.397. The van der Waals surface area contributed by atoms with Crippen molar-refractivity contribution in [1.82, 2.24) is 0 Å². The highest BCUT2D eigenvalue weighted by Gasteiger charge is 2.28. The summed E-state index contributed by atoms with van der Waals surface area (Å²) in [6, 6.07) is 0. The number of hydrogen-bond acceptors (Lipinski definition) is 2. The van der Waals surface area contributed by atoms with Gasteiger partial charge in [0.2, 0.25) is 0 Å². The predicted octanol–water partition coefficient (Wildman–Crippen LogP) is 12.7. The van der Waals surface area contributed by atoms with E-state index in [-0.39, 0.29) is 5.97 Å². The Morgan fingerprint density at radius 2 is 0.690 bits per heavy atom. The largest absolute Gasteiger partial charge is 0.456 e. The Bertz CT molecular complexity index is 535. The molecule has 0 aromatic rings. The van der Waals surface area contributed by atoms with Gasteiger partial charge in [-0.1, -0.05) is 168 Å². The van der Waals surface area contributed by atoms with E-state index >= 15 is 0 Å². The summed E-state index contributed by atoms with van der Waals surface area (Å²) in [5.41, 5.74) is -0.397. The molecule has 0 aliphatic carbocycles. The first-order valence-electron chi connectivity index (χ1n) is 19.3. The lowest BCUT2D eigenvalue weighted by atomic mass is 10.0. The maximum Gasteiger partial charge on any atom is 0.362 e. The second kappa shape index (κ2) is 29.2. The van der Waals surface area contributed by atoms with E-state index in [9.17, 15) is 4.79 Å². The number of ether oxygens (including phenoxy) is 1. The Hall–Kier alpha value is -0.570. The number of unbranched alkanes of at least 4 members (excludes halogenated alkanes) is 26. The number of esters is 1. The van der Waals surface area contributed by atoms with Crippen molar-refractivity contribution in [3.8, 4) is 0 Å². The highest BCUT2D eigenvalue weighted by Crippen LogP contribution is 2.18. The van der Waals surface area contributed by atoms with Crippen LogP contribution in [0.3, 0.4) is 0 Å². The van der Waals surface area contributed by atoms with Crippen molar-refractivity contribution in [2.45, 2.75) is 220 Å². The molecule has 0 aromatic carbocycles. The Morgan fingerprint density at radius 1 is 0.452 bits per heavy atom. The average Bonchev–Trinajstić information content (AvgIpc) is 2.92. The van der Waals surface area contributed by atoms with E-state index < -0.39 is 5.60 Å². The monoisotopic (exact) mass is 595 g/mol. The third-order valence-electron chi connectivity index (χ3n) is 9.03. The van der Waals surface area contributed by atoms with E-state index in [1.54, 1.807) is 0 Å². The minimum Gasteiger partial charge on any atom is -0.456 e. The second-order valence-electron chi connectivity index (χ2n) is 15.0. The van der Waals surface area contributed by atoms with E-state index in [4.69, 9.17) is 4.74 Å². The van der Waals surface area contributed by atoms with Gasteiger partial charge in [-0.3, -0.25) is 0 Å². The molecule has 0 unspecified atom stereocenters. The van der Waals surface area contributed by atoms with Gasteiger partial charge >= 0.3 is 5.97 Å². The topological polar surface area (TPSA) is 26.3 Å². The van der Waals surface area contributed by atoms with Gasteiger partial charge in [0.15, 0.2) is 6.54 Å². The van der Waals surface area contributed by atoms with Crippen molar-refractivity contribution in [3.63, 3.8) is 0 Å². The maximum absolute atomic E-state index is 12.7. The Kier molecular flexibility index (Phi) is 28.8. The zero-order valence-corrected chi connectivity index (χ0v) is 30.2. The smallest absolute Gasteiger partial charge is 0.362 e. The number of likely N-dealkylation sites (N-methyl/N-ethyl adjacent to an activating group) is 1. The van der Waals surface area contributed by atoms with Gasteiger partial charge in [-0.15, -0.1) is 0 Å². The Morgan fingerprint density at radius 3 is 0.929 bits per heavy atom. The van der Waals surface area contributed by atoms with Gasteiger partial charge in [0.25, 0.3) is 0 Å². The third kappa shape index (κ3) is 30.9. The summed E-state index contributed by atoms with van der Waals surface area (Å²) in [5, 5.41) is 0. The van der Waals surface area contributed by atoms with Gasteiger partial charge in [-0.2, -0.15) is 0 Å². The average molecular weight is 595 g/mol. The van der Waals surface area contributed by atoms with Crippen molar-refractivity contribution in [3.05, 3.63) is 0 Å². The minimum absolute atomic E-state index is 0.0271. The van der Waals surface area contributed by atoms with Crippen molar-refractivity contribution >= 4 is 5.97 Å². The summed E-state index contributed by atoms with van der Waals surface area (Å²) >= 11 is 0. The number of nitrogens with zero attached hydrogens (tertiary/aromatic N) is 1. The molecule has 0 rings (SSSR count). The fourth-order valence-corrected chi connectivity index (χ4v) is 6.33. The molecular weight excluding hydrogens is 514 g/mol. The van der Waals surface area contributed by atoms with Crippen LogP contribution < -0.4 is 0 Å². The van der Waals surface area contributed by atoms with Crippen LogP contribution in [0.1, 0.15) is 214 Å². The molecule has 0 aromatic heterocycles. The van der Waals surface area contributed by atoms with Crippen molar-refractivity contribution < 1.29 is 14.0 Å². The fourth-order valence-electron chi connectivity index (χ4n) is 6.33. The van der Waals surface area contributed by atoms with Crippen molar-refractivity contribution in [2.75, 3.05) is 26.7 Å². The van der Waals surface area contributed by atoms with Crippen LogP contribution in [0.5, 0.6) is 0 Å². The first kappa shape index (κ1) is 41.4. The van der Waals surface area contributed by atoms with Gasteiger partial charge in [0.1, 0.15) is 5.60 Å². The van der Waals surface area contributed by atoms with E-state index in [0.717, 1.165) is 17.6 Å². The zero-order chi connectivity index (χ0) is 31.2. The molecule has 0 fully saturated rings. The van der Waals surface area contributed by atoms with E-state index in [1.165, 1.54) is 180 Å². The molecule has 3 nitrogen and oxygen atoms in total. The molecule has 0 aliphatic rings. The third-order valence-corrected chi connectivity index (χ3v) is 9.03. The Balaban J connectivity index is 4.04. The molecule has 0 aliphatic heterocycles. The lowest BCUT2D eigenvalue weighted by molar-refractivity contribution is -0.903. The second-order valence-corrected chi connectivity index (χ2v) is 15.0. The molecule has 0 saturated carbocycles.